The van der Waals surface area contributed by atoms with Crippen LogP contribution in [0.1, 0.15) is 43.9 Å². The maximum absolute atomic E-state index is 14.0. The number of aliphatic hydroxyl groups excluding tert-OH is 1. The fourth-order valence-electron chi connectivity index (χ4n) is 3.16. The van der Waals surface area contributed by atoms with Gasteiger partial charge in [0, 0.05) is 25.2 Å². The van der Waals surface area contributed by atoms with Crippen LogP contribution in [0, 0.1) is 5.82 Å². The summed E-state index contributed by atoms with van der Waals surface area (Å²) in [5.41, 5.74) is -0.834. The average Bonchev–Trinajstić information content (AvgIpc) is 2.51. The predicted octanol–water partition coefficient (Wildman–Crippen LogP) is 3.85. The van der Waals surface area contributed by atoms with E-state index in [9.17, 15) is 22.7 Å². The highest BCUT2D eigenvalue weighted by molar-refractivity contribution is 5.29. The highest BCUT2D eigenvalue weighted by Gasteiger charge is 2.35. The summed E-state index contributed by atoms with van der Waals surface area (Å²) in [5.74, 6) is -1.28. The van der Waals surface area contributed by atoms with Crippen LogP contribution < -0.4 is 5.32 Å². The quantitative estimate of drug-likeness (QED) is 0.597. The third kappa shape index (κ3) is 5.03. The Bertz CT molecular complexity index is 601. The zero-order valence-corrected chi connectivity index (χ0v) is 14.4. The summed E-state index contributed by atoms with van der Waals surface area (Å²) in [6, 6.07) is 2.85. The maximum Gasteiger partial charge on any atom is 0.419 e. The van der Waals surface area contributed by atoms with Crippen molar-refractivity contribution in [2.24, 2.45) is 0 Å². The zero-order valence-electron chi connectivity index (χ0n) is 14.4. The summed E-state index contributed by atoms with van der Waals surface area (Å²) in [6.45, 7) is 4.54. The molecule has 0 spiro atoms. The molecule has 0 radical (unpaired) electrons. The molecular formula is C18H24F4N2O. The summed E-state index contributed by atoms with van der Waals surface area (Å²) in [6.07, 6.45) is 0.311. The molecule has 7 heteroatoms. The molecule has 1 aliphatic heterocycles. The van der Waals surface area contributed by atoms with Crippen molar-refractivity contribution in [2.45, 2.75) is 51.1 Å². The summed E-state index contributed by atoms with van der Waals surface area (Å²) >= 11 is 0. The van der Waals surface area contributed by atoms with Crippen molar-refractivity contribution in [1.29, 1.82) is 0 Å². The topological polar surface area (TPSA) is 35.5 Å². The van der Waals surface area contributed by atoms with Crippen molar-refractivity contribution in [2.75, 3.05) is 13.2 Å². The first kappa shape index (κ1) is 19.9. The van der Waals surface area contributed by atoms with E-state index in [0.29, 0.717) is 18.5 Å². The molecule has 0 saturated heterocycles. The van der Waals surface area contributed by atoms with Crippen LogP contribution >= 0.6 is 0 Å². The lowest BCUT2D eigenvalue weighted by Gasteiger charge is -2.40. The van der Waals surface area contributed by atoms with Crippen molar-refractivity contribution >= 4 is 0 Å². The Labute approximate surface area is 145 Å². The Morgan fingerprint density at radius 1 is 1.32 bits per heavy atom. The summed E-state index contributed by atoms with van der Waals surface area (Å²) in [7, 11) is 0. The molecule has 3 nitrogen and oxygen atoms in total. The van der Waals surface area contributed by atoms with Gasteiger partial charge in [-0.2, -0.15) is 13.2 Å². The number of halogens is 4. The average molecular weight is 360 g/mol. The molecule has 2 atom stereocenters. The number of nitrogens with one attached hydrogen (secondary N) is 1. The lowest BCUT2D eigenvalue weighted by Crippen LogP contribution is -2.50. The van der Waals surface area contributed by atoms with E-state index >= 15 is 0 Å². The Kier molecular flexibility index (Phi) is 6.59. The van der Waals surface area contributed by atoms with E-state index in [0.717, 1.165) is 18.6 Å². The van der Waals surface area contributed by atoms with Crippen molar-refractivity contribution in [3.63, 3.8) is 0 Å². The Hall–Kier alpha value is -1.44. The Morgan fingerprint density at radius 2 is 2.04 bits per heavy atom. The Morgan fingerprint density at radius 3 is 2.60 bits per heavy atom. The molecule has 2 unspecified atom stereocenters. The van der Waals surface area contributed by atoms with Crippen molar-refractivity contribution in [1.82, 2.24) is 10.2 Å². The molecule has 140 valence electrons. The van der Waals surface area contributed by atoms with E-state index in [4.69, 9.17) is 0 Å². The standard InChI is InChI=1S/C18H24F4N2O/c1-12(2)23-17-5-3-4-9-24(17)16(8-10-25)13-6-7-14(15(19)11-13)18(20,21)22/h3,5-7,11-12,16-17,23,25H,4,8-10H2,1-2H3. The molecule has 0 aromatic heterocycles. The summed E-state index contributed by atoms with van der Waals surface area (Å²) in [4.78, 5) is 2.05. The van der Waals surface area contributed by atoms with Crippen LogP contribution in [0.2, 0.25) is 0 Å². The van der Waals surface area contributed by atoms with Gasteiger partial charge in [0.1, 0.15) is 5.82 Å². The van der Waals surface area contributed by atoms with Gasteiger partial charge in [0.2, 0.25) is 0 Å². The van der Waals surface area contributed by atoms with E-state index in [1.807, 2.05) is 26.0 Å². The van der Waals surface area contributed by atoms with Crippen LogP contribution in [0.5, 0.6) is 0 Å². The summed E-state index contributed by atoms with van der Waals surface area (Å²) < 4.78 is 52.3. The van der Waals surface area contributed by atoms with E-state index in [1.54, 1.807) is 0 Å². The maximum atomic E-state index is 14.0. The number of nitrogens with zero attached hydrogens (tertiary/aromatic N) is 1. The van der Waals surface area contributed by atoms with Gasteiger partial charge in [-0.15, -0.1) is 0 Å². The molecule has 0 amide bonds. The van der Waals surface area contributed by atoms with Crippen molar-refractivity contribution in [3.05, 3.63) is 47.3 Å². The highest BCUT2D eigenvalue weighted by atomic mass is 19.4. The van der Waals surface area contributed by atoms with E-state index in [-0.39, 0.29) is 24.9 Å². The lowest BCUT2D eigenvalue weighted by atomic mass is 9.98. The molecule has 0 aliphatic carbocycles. The largest absolute Gasteiger partial charge is 0.419 e. The third-order valence-corrected chi connectivity index (χ3v) is 4.22. The fourth-order valence-corrected chi connectivity index (χ4v) is 3.16. The minimum absolute atomic E-state index is 0.115. The number of hydrogen-bond donors (Lipinski definition) is 2. The zero-order chi connectivity index (χ0) is 18.6. The number of rotatable bonds is 6. The summed E-state index contributed by atoms with van der Waals surface area (Å²) in [5, 5.41) is 12.8. The molecule has 25 heavy (non-hydrogen) atoms. The van der Waals surface area contributed by atoms with Gasteiger partial charge >= 0.3 is 6.18 Å². The second-order valence-electron chi connectivity index (χ2n) is 6.49. The van der Waals surface area contributed by atoms with Crippen molar-refractivity contribution < 1.29 is 22.7 Å². The normalized spacial score (nSPS) is 20.2. The van der Waals surface area contributed by atoms with Crippen LogP contribution in [0.3, 0.4) is 0 Å². The Balaban J connectivity index is 2.33. The second kappa shape index (κ2) is 8.29. The van der Waals surface area contributed by atoms with Crippen LogP contribution in [0.15, 0.2) is 30.4 Å². The first-order valence-corrected chi connectivity index (χ1v) is 8.40. The van der Waals surface area contributed by atoms with Crippen LogP contribution in [0.4, 0.5) is 17.6 Å². The monoisotopic (exact) mass is 360 g/mol. The number of alkyl halides is 3. The van der Waals surface area contributed by atoms with E-state index < -0.39 is 17.6 Å². The smallest absolute Gasteiger partial charge is 0.396 e. The van der Waals surface area contributed by atoms with Gasteiger partial charge < -0.3 is 5.11 Å². The van der Waals surface area contributed by atoms with Crippen LogP contribution in [-0.4, -0.2) is 35.4 Å². The molecule has 1 heterocycles. The van der Waals surface area contributed by atoms with Crippen molar-refractivity contribution in [3.8, 4) is 0 Å². The third-order valence-electron chi connectivity index (χ3n) is 4.22. The molecule has 1 aliphatic rings. The molecule has 0 fully saturated rings. The van der Waals surface area contributed by atoms with Gasteiger partial charge in [-0.05, 0) is 44.4 Å². The highest BCUT2D eigenvalue weighted by Crippen LogP contribution is 2.35. The minimum Gasteiger partial charge on any atom is -0.396 e. The van der Waals surface area contributed by atoms with Gasteiger partial charge in [-0.1, -0.05) is 18.2 Å². The SMILES string of the molecule is CC(C)NC1C=CCCN1C(CCO)c1ccc(C(F)(F)F)c(F)c1. The van der Waals surface area contributed by atoms with Crippen LogP contribution in [-0.2, 0) is 6.18 Å². The van der Waals surface area contributed by atoms with Gasteiger partial charge in [-0.25, -0.2) is 4.39 Å². The molecular weight excluding hydrogens is 336 g/mol. The van der Waals surface area contributed by atoms with E-state index in [1.165, 1.54) is 6.07 Å². The van der Waals surface area contributed by atoms with Gasteiger partial charge in [0.25, 0.3) is 0 Å². The minimum atomic E-state index is -4.72. The lowest BCUT2D eigenvalue weighted by molar-refractivity contribution is -0.140. The molecule has 0 saturated carbocycles. The van der Waals surface area contributed by atoms with Gasteiger partial charge in [-0.3, -0.25) is 10.2 Å². The predicted molar refractivity (Wildman–Crippen MR) is 88.4 cm³/mol. The fraction of sp³-hybridized carbons (Fsp3) is 0.556. The molecule has 2 N–H and O–H groups in total. The number of aliphatic hydroxyl groups is 1. The first-order valence-electron chi connectivity index (χ1n) is 8.40. The second-order valence-corrected chi connectivity index (χ2v) is 6.49. The molecule has 2 rings (SSSR count). The van der Waals surface area contributed by atoms with Gasteiger partial charge in [0.15, 0.2) is 0 Å². The van der Waals surface area contributed by atoms with Gasteiger partial charge in [0.05, 0.1) is 11.7 Å². The first-order chi connectivity index (χ1) is 11.7. The number of hydrogen-bond acceptors (Lipinski definition) is 3. The van der Waals surface area contributed by atoms with Crippen LogP contribution in [0.25, 0.3) is 0 Å². The van der Waals surface area contributed by atoms with E-state index in [2.05, 4.69) is 10.2 Å². The molecule has 1 aromatic rings. The molecule has 1 aromatic carbocycles. The number of benzene rings is 1. The molecule has 0 bridgehead atoms.